The molecule has 10 heteroatoms. The Morgan fingerprint density at radius 1 is 1.21 bits per heavy atom. The molecular formula is C19H20F3N3O3S. The second-order valence-corrected chi connectivity index (χ2v) is 7.70. The van der Waals surface area contributed by atoms with Crippen LogP contribution in [0.5, 0.6) is 5.75 Å². The highest BCUT2D eigenvalue weighted by atomic mass is 32.2. The molecule has 0 aliphatic rings. The van der Waals surface area contributed by atoms with Crippen LogP contribution in [0.25, 0.3) is 11.0 Å². The molecule has 1 unspecified atom stereocenters. The summed E-state index contributed by atoms with van der Waals surface area (Å²) >= 11 is 0. The van der Waals surface area contributed by atoms with E-state index in [1.807, 2.05) is 6.92 Å². The van der Waals surface area contributed by atoms with E-state index < -0.39 is 22.5 Å². The van der Waals surface area contributed by atoms with Gasteiger partial charge in [-0.25, -0.2) is 4.98 Å². The van der Waals surface area contributed by atoms with Crippen LogP contribution in [0.2, 0.25) is 0 Å². The molecule has 0 spiro atoms. The van der Waals surface area contributed by atoms with Crippen LogP contribution < -0.4 is 4.74 Å². The monoisotopic (exact) mass is 427 g/mol. The Morgan fingerprint density at radius 3 is 2.72 bits per heavy atom. The number of alkyl halides is 3. The van der Waals surface area contributed by atoms with Gasteiger partial charge in [-0.1, -0.05) is 0 Å². The number of aromatic amines is 1. The number of nitrogens with one attached hydrogen (secondary N) is 1. The standard InChI is InChI=1S/C19H20F3N3O3S/c1-12-16(23-7-6-17(12)28-9-3-8-27-2)11-29(26)18-24-14-5-4-13(19(20,21)22)10-15(14)25-18/h4-7,10H,3,8-9,11H2,1-2H3,(H,24,25). The first-order valence-electron chi connectivity index (χ1n) is 8.81. The molecule has 156 valence electrons. The van der Waals surface area contributed by atoms with Gasteiger partial charge < -0.3 is 14.5 Å². The molecule has 1 N–H and O–H groups in total. The van der Waals surface area contributed by atoms with Gasteiger partial charge in [-0.3, -0.25) is 9.19 Å². The normalized spacial score (nSPS) is 13.0. The quantitative estimate of drug-likeness (QED) is 0.550. The summed E-state index contributed by atoms with van der Waals surface area (Å²) in [6.45, 7) is 2.88. The molecule has 2 heterocycles. The smallest absolute Gasteiger partial charge is 0.416 e. The molecule has 0 amide bonds. The van der Waals surface area contributed by atoms with Gasteiger partial charge in [0, 0.05) is 31.9 Å². The van der Waals surface area contributed by atoms with Crippen LogP contribution in [0.15, 0.2) is 35.6 Å². The van der Waals surface area contributed by atoms with Crippen molar-refractivity contribution in [1.82, 2.24) is 15.0 Å². The second-order valence-electron chi connectivity index (χ2n) is 6.34. The lowest BCUT2D eigenvalue weighted by molar-refractivity contribution is -0.137. The predicted octanol–water partition coefficient (Wildman–Crippen LogP) is 4.01. The van der Waals surface area contributed by atoms with Crippen LogP contribution in [0.3, 0.4) is 0 Å². The zero-order valence-electron chi connectivity index (χ0n) is 15.9. The van der Waals surface area contributed by atoms with Crippen LogP contribution in [0.4, 0.5) is 13.2 Å². The third kappa shape index (κ3) is 5.13. The van der Waals surface area contributed by atoms with Gasteiger partial charge in [-0.05, 0) is 31.2 Å². The number of ether oxygens (including phenoxy) is 2. The average Bonchev–Trinajstić information content (AvgIpc) is 3.10. The SMILES string of the molecule is COCCCOc1ccnc(CS(=O)c2nc3ccc(C(F)(F)F)cc3[nH]2)c1C. The summed E-state index contributed by atoms with van der Waals surface area (Å²) in [7, 11) is 0.0101. The third-order valence-corrected chi connectivity index (χ3v) is 5.44. The average molecular weight is 427 g/mol. The summed E-state index contributed by atoms with van der Waals surface area (Å²) < 4.78 is 62.0. The summed E-state index contributed by atoms with van der Waals surface area (Å²) in [5.41, 5.74) is 1.05. The van der Waals surface area contributed by atoms with Crippen molar-refractivity contribution >= 4 is 21.8 Å². The number of imidazole rings is 1. The lowest BCUT2D eigenvalue weighted by atomic mass is 10.2. The zero-order chi connectivity index (χ0) is 21.0. The first-order valence-corrected chi connectivity index (χ1v) is 10.1. The van der Waals surface area contributed by atoms with E-state index in [4.69, 9.17) is 9.47 Å². The fourth-order valence-corrected chi connectivity index (χ4v) is 3.81. The minimum Gasteiger partial charge on any atom is -0.493 e. The zero-order valence-corrected chi connectivity index (χ0v) is 16.7. The Labute approximate surface area is 167 Å². The number of halogens is 3. The Kier molecular flexibility index (Phi) is 6.53. The van der Waals surface area contributed by atoms with Gasteiger partial charge in [-0.15, -0.1) is 0 Å². The number of benzene rings is 1. The number of H-pyrrole nitrogens is 1. The number of pyridine rings is 1. The molecule has 0 saturated heterocycles. The Morgan fingerprint density at radius 2 is 2.00 bits per heavy atom. The van der Waals surface area contributed by atoms with E-state index >= 15 is 0 Å². The fourth-order valence-electron chi connectivity index (χ4n) is 2.71. The van der Waals surface area contributed by atoms with E-state index in [9.17, 15) is 17.4 Å². The molecule has 0 aliphatic heterocycles. The van der Waals surface area contributed by atoms with E-state index in [2.05, 4.69) is 15.0 Å². The molecule has 0 aliphatic carbocycles. The largest absolute Gasteiger partial charge is 0.493 e. The maximum atomic E-state index is 12.9. The Hall–Kier alpha value is -2.46. The van der Waals surface area contributed by atoms with Crippen molar-refractivity contribution in [3.8, 4) is 5.75 Å². The molecular weight excluding hydrogens is 407 g/mol. The molecule has 0 fully saturated rings. The highest BCUT2D eigenvalue weighted by Gasteiger charge is 2.30. The topological polar surface area (TPSA) is 77.1 Å². The van der Waals surface area contributed by atoms with Gasteiger partial charge in [-0.2, -0.15) is 13.2 Å². The first-order chi connectivity index (χ1) is 13.8. The summed E-state index contributed by atoms with van der Waals surface area (Å²) in [5, 5.41) is 0.104. The Balaban J connectivity index is 1.76. The third-order valence-electron chi connectivity index (χ3n) is 4.28. The number of aromatic nitrogens is 3. The minimum atomic E-state index is -4.46. The molecule has 0 bridgehead atoms. The minimum absolute atomic E-state index is 0.0626. The van der Waals surface area contributed by atoms with E-state index in [0.717, 1.165) is 24.1 Å². The van der Waals surface area contributed by atoms with Gasteiger partial charge in [0.15, 0.2) is 5.16 Å². The molecule has 1 atom stereocenters. The van der Waals surface area contributed by atoms with Crippen molar-refractivity contribution in [2.75, 3.05) is 20.3 Å². The van der Waals surface area contributed by atoms with Gasteiger partial charge in [0.25, 0.3) is 0 Å². The predicted molar refractivity (Wildman–Crippen MR) is 102 cm³/mol. The summed E-state index contributed by atoms with van der Waals surface area (Å²) in [4.78, 5) is 11.1. The first kappa shape index (κ1) is 21.3. The van der Waals surface area contributed by atoms with Crippen LogP contribution in [-0.2, 0) is 27.5 Å². The molecule has 0 saturated carbocycles. The summed E-state index contributed by atoms with van der Waals surface area (Å²) in [6, 6.07) is 4.90. The number of hydrogen-bond acceptors (Lipinski definition) is 5. The number of methoxy groups -OCH3 is 1. The lowest BCUT2D eigenvalue weighted by Gasteiger charge is -2.11. The van der Waals surface area contributed by atoms with Gasteiger partial charge in [0.1, 0.15) is 5.75 Å². The van der Waals surface area contributed by atoms with Crippen molar-refractivity contribution in [1.29, 1.82) is 0 Å². The van der Waals surface area contributed by atoms with Gasteiger partial charge in [0.05, 0.1) is 45.5 Å². The Bertz CT molecular complexity index is 1020. The van der Waals surface area contributed by atoms with E-state index in [0.29, 0.717) is 30.2 Å². The number of rotatable bonds is 8. The molecule has 0 radical (unpaired) electrons. The van der Waals surface area contributed by atoms with Crippen LogP contribution in [0.1, 0.15) is 23.2 Å². The van der Waals surface area contributed by atoms with Gasteiger partial charge >= 0.3 is 6.18 Å². The summed E-state index contributed by atoms with van der Waals surface area (Å²) in [6.07, 6.45) is -2.15. The molecule has 6 nitrogen and oxygen atoms in total. The summed E-state index contributed by atoms with van der Waals surface area (Å²) in [5.74, 6) is 0.704. The van der Waals surface area contributed by atoms with E-state index in [1.54, 1.807) is 19.4 Å². The van der Waals surface area contributed by atoms with E-state index in [1.165, 1.54) is 6.07 Å². The van der Waals surface area contributed by atoms with E-state index in [-0.39, 0.29) is 16.4 Å². The van der Waals surface area contributed by atoms with Crippen molar-refractivity contribution in [2.45, 2.75) is 30.4 Å². The number of nitrogens with zero attached hydrogens (tertiary/aromatic N) is 2. The van der Waals surface area contributed by atoms with Crippen molar-refractivity contribution in [3.05, 3.63) is 47.3 Å². The molecule has 3 rings (SSSR count). The highest BCUT2D eigenvalue weighted by Crippen LogP contribution is 2.31. The maximum Gasteiger partial charge on any atom is 0.416 e. The molecule has 29 heavy (non-hydrogen) atoms. The van der Waals surface area contributed by atoms with Crippen LogP contribution in [-0.4, -0.2) is 39.5 Å². The number of hydrogen-bond donors (Lipinski definition) is 1. The lowest BCUT2D eigenvalue weighted by Crippen LogP contribution is -2.06. The van der Waals surface area contributed by atoms with Crippen LogP contribution in [0, 0.1) is 6.92 Å². The van der Waals surface area contributed by atoms with Gasteiger partial charge in [0.2, 0.25) is 0 Å². The molecule has 2 aromatic heterocycles. The van der Waals surface area contributed by atoms with Crippen molar-refractivity contribution < 1.29 is 26.9 Å². The molecule has 1 aromatic carbocycles. The van der Waals surface area contributed by atoms with Crippen molar-refractivity contribution in [2.24, 2.45) is 0 Å². The highest BCUT2D eigenvalue weighted by molar-refractivity contribution is 7.84. The maximum absolute atomic E-state index is 12.9. The second kappa shape index (κ2) is 8.91. The fraction of sp³-hybridized carbons (Fsp3) is 0.368. The van der Waals surface area contributed by atoms with Crippen LogP contribution >= 0.6 is 0 Å². The van der Waals surface area contributed by atoms with Crippen molar-refractivity contribution in [3.63, 3.8) is 0 Å². The number of fused-ring (bicyclic) bond motifs is 1. The molecule has 3 aromatic rings.